The Bertz CT molecular complexity index is 686. The van der Waals surface area contributed by atoms with Crippen molar-refractivity contribution in [3.63, 3.8) is 0 Å². The van der Waals surface area contributed by atoms with Crippen LogP contribution in [0.4, 0.5) is 18.3 Å². The molecule has 0 fully saturated rings. The molecule has 3 rings (SSSR count). The molecule has 5 nitrogen and oxygen atoms in total. The fourth-order valence-electron chi connectivity index (χ4n) is 1.88. The van der Waals surface area contributed by atoms with Gasteiger partial charge in [-0.2, -0.15) is 13.2 Å². The van der Waals surface area contributed by atoms with E-state index >= 15 is 0 Å². The van der Waals surface area contributed by atoms with Crippen molar-refractivity contribution in [1.82, 2.24) is 4.98 Å². The fraction of sp³-hybridized carbons (Fsp3) is 0.385. The van der Waals surface area contributed by atoms with E-state index in [0.29, 0.717) is 34.9 Å². The summed E-state index contributed by atoms with van der Waals surface area (Å²) in [5.74, 6) is -2.14. The van der Waals surface area contributed by atoms with Gasteiger partial charge in [0.25, 0.3) is 0 Å². The summed E-state index contributed by atoms with van der Waals surface area (Å²) in [4.78, 5) is 15.7. The molecule has 1 N–H and O–H groups in total. The molecular weight excluding hydrogens is 321 g/mol. The summed E-state index contributed by atoms with van der Waals surface area (Å²) in [7, 11) is 0. The number of carbonyl (C=O) groups is 1. The number of ether oxygens (including phenoxy) is 2. The van der Waals surface area contributed by atoms with Crippen LogP contribution >= 0.6 is 11.3 Å². The number of hydrogen-bond acceptors (Lipinski definition) is 5. The minimum Gasteiger partial charge on any atom is -0.486 e. The maximum Gasteiger partial charge on any atom is 0.400 e. The van der Waals surface area contributed by atoms with E-state index in [4.69, 9.17) is 9.47 Å². The lowest BCUT2D eigenvalue weighted by Crippen LogP contribution is -2.32. The number of carbonyl (C=O) groups excluding carboxylic acids is 1. The van der Waals surface area contributed by atoms with Crippen LogP contribution in [-0.4, -0.2) is 30.3 Å². The Labute approximate surface area is 127 Å². The molecule has 0 aliphatic carbocycles. The zero-order chi connectivity index (χ0) is 15.9. The number of aromatic nitrogens is 1. The Morgan fingerprint density at radius 1 is 1.32 bits per heavy atom. The van der Waals surface area contributed by atoms with Crippen LogP contribution in [0.25, 0.3) is 10.2 Å². The number of alkyl halides is 3. The molecule has 9 heteroatoms. The molecule has 22 heavy (non-hydrogen) atoms. The molecule has 0 saturated carbocycles. The number of benzene rings is 1. The molecule has 2 aromatic rings. The van der Waals surface area contributed by atoms with Crippen molar-refractivity contribution in [3.05, 3.63) is 12.1 Å². The molecule has 0 bridgehead atoms. The first-order chi connectivity index (χ1) is 10.3. The van der Waals surface area contributed by atoms with Crippen LogP contribution in [-0.2, 0) is 4.79 Å². The van der Waals surface area contributed by atoms with E-state index in [1.54, 1.807) is 12.1 Å². The molecule has 1 aliphatic heterocycles. The summed E-state index contributed by atoms with van der Waals surface area (Å²) in [6.07, 6.45) is -4.58. The lowest BCUT2D eigenvalue weighted by Gasteiger charge is -2.17. The average Bonchev–Trinajstić information content (AvgIpc) is 2.83. The third-order valence-corrected chi connectivity index (χ3v) is 4.10. The lowest BCUT2D eigenvalue weighted by molar-refractivity contribution is -0.175. The number of anilines is 1. The smallest absolute Gasteiger partial charge is 0.400 e. The predicted molar refractivity (Wildman–Crippen MR) is 74.5 cm³/mol. The number of thiazole rings is 1. The Hall–Kier alpha value is -2.03. The van der Waals surface area contributed by atoms with Gasteiger partial charge in [0.1, 0.15) is 19.1 Å². The zero-order valence-electron chi connectivity index (χ0n) is 11.4. The van der Waals surface area contributed by atoms with E-state index in [-0.39, 0.29) is 5.13 Å². The van der Waals surface area contributed by atoms with Gasteiger partial charge >= 0.3 is 6.18 Å². The number of hydrogen-bond donors (Lipinski definition) is 1. The van der Waals surface area contributed by atoms with Gasteiger partial charge in [-0.05, 0) is 6.92 Å². The summed E-state index contributed by atoms with van der Waals surface area (Å²) < 4.78 is 49.0. The number of fused-ring (bicyclic) bond motifs is 2. The predicted octanol–water partition coefficient (Wildman–Crippen LogP) is 3.20. The summed E-state index contributed by atoms with van der Waals surface area (Å²) >= 11 is 1.08. The van der Waals surface area contributed by atoms with Crippen molar-refractivity contribution in [2.45, 2.75) is 13.1 Å². The van der Waals surface area contributed by atoms with Crippen LogP contribution in [0.3, 0.4) is 0 Å². The molecule has 2 heterocycles. The van der Waals surface area contributed by atoms with Gasteiger partial charge < -0.3 is 14.8 Å². The molecule has 1 aromatic carbocycles. The van der Waals surface area contributed by atoms with Crippen molar-refractivity contribution < 1.29 is 27.4 Å². The number of amides is 1. The maximum atomic E-state index is 12.5. The van der Waals surface area contributed by atoms with Crippen LogP contribution in [0, 0.1) is 5.92 Å². The van der Waals surface area contributed by atoms with E-state index < -0.39 is 18.0 Å². The molecule has 1 unspecified atom stereocenters. The van der Waals surface area contributed by atoms with E-state index in [2.05, 4.69) is 10.3 Å². The Morgan fingerprint density at radius 3 is 2.59 bits per heavy atom. The standard InChI is InChI=1S/C13H11F3N2O3S/c1-6(13(14,15)16)11(19)18-12-17-7-4-8-9(5-10(7)22-12)21-3-2-20-8/h4-6H,2-3H2,1H3,(H,17,18,19). The first-order valence-corrected chi connectivity index (χ1v) is 7.24. The van der Waals surface area contributed by atoms with Gasteiger partial charge in [0.05, 0.1) is 10.2 Å². The molecule has 1 aromatic heterocycles. The molecular formula is C13H11F3N2O3S. The highest BCUT2D eigenvalue weighted by atomic mass is 32.1. The normalized spacial score (nSPS) is 15.6. The first-order valence-electron chi connectivity index (χ1n) is 6.42. The molecule has 0 saturated heterocycles. The molecule has 118 valence electrons. The Balaban J connectivity index is 1.85. The summed E-state index contributed by atoms with van der Waals surface area (Å²) in [6.45, 7) is 1.67. The van der Waals surface area contributed by atoms with Gasteiger partial charge in [0.2, 0.25) is 5.91 Å². The monoisotopic (exact) mass is 332 g/mol. The van der Waals surface area contributed by atoms with Crippen molar-refractivity contribution in [2.24, 2.45) is 5.92 Å². The third kappa shape index (κ3) is 2.80. The van der Waals surface area contributed by atoms with Crippen LogP contribution in [0.1, 0.15) is 6.92 Å². The van der Waals surface area contributed by atoms with Crippen LogP contribution < -0.4 is 14.8 Å². The zero-order valence-corrected chi connectivity index (χ0v) is 12.2. The molecule has 1 atom stereocenters. The molecule has 0 spiro atoms. The summed E-state index contributed by atoms with van der Waals surface area (Å²) in [5, 5.41) is 2.30. The summed E-state index contributed by atoms with van der Waals surface area (Å²) in [6, 6.07) is 3.34. The minimum absolute atomic E-state index is 0.110. The van der Waals surface area contributed by atoms with Gasteiger partial charge in [-0.1, -0.05) is 11.3 Å². The Morgan fingerprint density at radius 2 is 1.95 bits per heavy atom. The second kappa shape index (κ2) is 5.31. The van der Waals surface area contributed by atoms with Crippen LogP contribution in [0.15, 0.2) is 12.1 Å². The largest absolute Gasteiger partial charge is 0.486 e. The van der Waals surface area contributed by atoms with E-state index in [9.17, 15) is 18.0 Å². The minimum atomic E-state index is -4.58. The highest BCUT2D eigenvalue weighted by Gasteiger charge is 2.41. The van der Waals surface area contributed by atoms with E-state index in [1.807, 2.05) is 0 Å². The SMILES string of the molecule is CC(C(=O)Nc1nc2cc3c(cc2s1)OCCO3)C(F)(F)F. The number of nitrogens with one attached hydrogen (secondary N) is 1. The second-order valence-electron chi connectivity index (χ2n) is 4.74. The van der Waals surface area contributed by atoms with E-state index in [0.717, 1.165) is 18.3 Å². The van der Waals surface area contributed by atoms with Gasteiger partial charge in [-0.3, -0.25) is 4.79 Å². The first kappa shape index (κ1) is 14.9. The van der Waals surface area contributed by atoms with Gasteiger partial charge in [-0.15, -0.1) is 0 Å². The highest BCUT2D eigenvalue weighted by molar-refractivity contribution is 7.22. The van der Waals surface area contributed by atoms with Crippen LogP contribution in [0.2, 0.25) is 0 Å². The maximum absolute atomic E-state index is 12.5. The highest BCUT2D eigenvalue weighted by Crippen LogP contribution is 2.38. The number of rotatable bonds is 2. The number of nitrogens with zero attached hydrogens (tertiary/aromatic N) is 1. The molecule has 0 radical (unpaired) electrons. The van der Waals surface area contributed by atoms with Gasteiger partial charge in [-0.25, -0.2) is 4.98 Å². The van der Waals surface area contributed by atoms with E-state index in [1.165, 1.54) is 0 Å². The van der Waals surface area contributed by atoms with Crippen molar-refractivity contribution in [2.75, 3.05) is 18.5 Å². The van der Waals surface area contributed by atoms with Crippen molar-refractivity contribution >= 4 is 32.6 Å². The quantitative estimate of drug-likeness (QED) is 0.917. The van der Waals surface area contributed by atoms with Crippen LogP contribution in [0.5, 0.6) is 11.5 Å². The number of halogens is 3. The lowest BCUT2D eigenvalue weighted by atomic mass is 10.1. The average molecular weight is 332 g/mol. The Kier molecular flexibility index (Phi) is 3.59. The van der Waals surface area contributed by atoms with Gasteiger partial charge in [0, 0.05) is 12.1 Å². The molecule has 1 aliphatic rings. The second-order valence-corrected chi connectivity index (χ2v) is 5.77. The van der Waals surface area contributed by atoms with Crippen molar-refractivity contribution in [1.29, 1.82) is 0 Å². The third-order valence-electron chi connectivity index (χ3n) is 3.17. The molecule has 1 amide bonds. The van der Waals surface area contributed by atoms with Crippen molar-refractivity contribution in [3.8, 4) is 11.5 Å². The summed E-state index contributed by atoms with van der Waals surface area (Å²) in [5.41, 5.74) is 0.532. The topological polar surface area (TPSA) is 60.5 Å². The van der Waals surface area contributed by atoms with Gasteiger partial charge in [0.15, 0.2) is 16.6 Å². The fourth-order valence-corrected chi connectivity index (χ4v) is 2.76.